The molecule has 1 aliphatic carbocycles. The minimum atomic E-state index is -3.40. The van der Waals surface area contributed by atoms with Crippen molar-refractivity contribution < 1.29 is 13.6 Å². The van der Waals surface area contributed by atoms with Crippen LogP contribution in [0.3, 0.4) is 0 Å². The number of halogens is 2. The van der Waals surface area contributed by atoms with E-state index < -0.39 is 17.9 Å². The van der Waals surface area contributed by atoms with Gasteiger partial charge in [0.15, 0.2) is 0 Å². The SMILES string of the molecule is CC(Cn1ncc2cc(-c3cnccn3)ccc21)NC(=O)C(C)(F)F.c1cnc(C2CC2)nc1. The van der Waals surface area contributed by atoms with Gasteiger partial charge in [0.25, 0.3) is 5.91 Å². The van der Waals surface area contributed by atoms with Crippen molar-refractivity contribution in [3.05, 3.63) is 67.3 Å². The second kappa shape index (κ2) is 9.98. The van der Waals surface area contributed by atoms with Gasteiger partial charge in [-0.2, -0.15) is 13.9 Å². The minimum Gasteiger partial charge on any atom is -0.347 e. The topological polar surface area (TPSA) is 98.5 Å². The van der Waals surface area contributed by atoms with E-state index in [2.05, 4.69) is 30.4 Å². The molecule has 0 aliphatic heterocycles. The van der Waals surface area contributed by atoms with Gasteiger partial charge in [-0.1, -0.05) is 6.07 Å². The highest BCUT2D eigenvalue weighted by Gasteiger charge is 2.33. The molecule has 0 radical (unpaired) electrons. The number of benzene rings is 1. The molecule has 1 atom stereocenters. The van der Waals surface area contributed by atoms with E-state index >= 15 is 0 Å². The van der Waals surface area contributed by atoms with E-state index in [0.29, 0.717) is 12.8 Å². The van der Waals surface area contributed by atoms with Gasteiger partial charge in [-0.25, -0.2) is 9.97 Å². The Kier molecular flexibility index (Phi) is 6.85. The monoisotopic (exact) mass is 465 g/mol. The number of hydrogen-bond donors (Lipinski definition) is 1. The summed E-state index contributed by atoms with van der Waals surface area (Å²) in [5.74, 6) is -2.98. The predicted octanol–water partition coefficient (Wildman–Crippen LogP) is 4.01. The molecule has 1 fully saturated rings. The van der Waals surface area contributed by atoms with Gasteiger partial charge in [-0.05, 0) is 38.0 Å². The van der Waals surface area contributed by atoms with Crippen LogP contribution in [0.5, 0.6) is 0 Å². The van der Waals surface area contributed by atoms with Gasteiger partial charge in [0.05, 0.1) is 30.1 Å². The van der Waals surface area contributed by atoms with Gasteiger partial charge in [-0.3, -0.25) is 19.4 Å². The summed E-state index contributed by atoms with van der Waals surface area (Å²) in [7, 11) is 0. The Morgan fingerprint density at radius 2 is 1.91 bits per heavy atom. The summed E-state index contributed by atoms with van der Waals surface area (Å²) in [6.45, 7) is 2.52. The fourth-order valence-electron chi connectivity index (χ4n) is 3.36. The second-order valence-corrected chi connectivity index (χ2v) is 8.34. The van der Waals surface area contributed by atoms with E-state index in [9.17, 15) is 13.6 Å². The van der Waals surface area contributed by atoms with Crippen LogP contribution in [0.1, 0.15) is 38.4 Å². The third-order valence-electron chi connectivity index (χ3n) is 5.25. The molecule has 34 heavy (non-hydrogen) atoms. The first-order valence-corrected chi connectivity index (χ1v) is 11.0. The van der Waals surface area contributed by atoms with E-state index in [4.69, 9.17) is 0 Å². The fourth-order valence-corrected chi connectivity index (χ4v) is 3.36. The van der Waals surface area contributed by atoms with Gasteiger partial charge < -0.3 is 5.32 Å². The lowest BCUT2D eigenvalue weighted by Crippen LogP contribution is -2.44. The van der Waals surface area contributed by atoms with Crippen molar-refractivity contribution in [2.75, 3.05) is 0 Å². The van der Waals surface area contributed by atoms with Gasteiger partial charge in [0, 0.05) is 54.6 Å². The Morgan fingerprint density at radius 1 is 1.15 bits per heavy atom. The van der Waals surface area contributed by atoms with Crippen molar-refractivity contribution in [3.8, 4) is 11.3 Å². The number of alkyl halides is 2. The number of nitrogens with zero attached hydrogens (tertiary/aromatic N) is 6. The number of fused-ring (bicyclic) bond motifs is 1. The maximum atomic E-state index is 13.0. The molecule has 1 aromatic carbocycles. The van der Waals surface area contributed by atoms with Crippen LogP contribution in [-0.4, -0.2) is 47.6 Å². The van der Waals surface area contributed by atoms with Crippen LogP contribution in [0.4, 0.5) is 8.78 Å². The Balaban J connectivity index is 0.000000252. The molecule has 3 aromatic heterocycles. The van der Waals surface area contributed by atoms with Crippen LogP contribution in [0.2, 0.25) is 0 Å². The van der Waals surface area contributed by atoms with Crippen LogP contribution >= 0.6 is 0 Å². The third kappa shape index (κ3) is 5.94. The lowest BCUT2D eigenvalue weighted by Gasteiger charge is -2.17. The maximum absolute atomic E-state index is 13.0. The van der Waals surface area contributed by atoms with E-state index in [-0.39, 0.29) is 6.54 Å². The van der Waals surface area contributed by atoms with Crippen molar-refractivity contribution in [3.63, 3.8) is 0 Å². The van der Waals surface area contributed by atoms with Crippen LogP contribution in [0, 0.1) is 0 Å². The summed E-state index contributed by atoms with van der Waals surface area (Å²) in [4.78, 5) is 27.9. The lowest BCUT2D eigenvalue weighted by atomic mass is 10.1. The number of rotatable bonds is 6. The van der Waals surface area contributed by atoms with Gasteiger partial charge in [0.1, 0.15) is 5.82 Å². The van der Waals surface area contributed by atoms with Gasteiger partial charge in [-0.15, -0.1) is 0 Å². The van der Waals surface area contributed by atoms with E-state index in [1.807, 2.05) is 24.3 Å². The molecule has 176 valence electrons. The number of carbonyl (C=O) groups excluding carboxylic acids is 1. The summed E-state index contributed by atoms with van der Waals surface area (Å²) in [5.41, 5.74) is 2.51. The molecule has 0 saturated heterocycles. The number of aromatic nitrogens is 6. The molecule has 0 bridgehead atoms. The molecule has 0 spiro atoms. The third-order valence-corrected chi connectivity index (χ3v) is 5.25. The number of carbonyl (C=O) groups is 1. The zero-order valence-corrected chi connectivity index (χ0v) is 18.9. The van der Waals surface area contributed by atoms with Gasteiger partial charge >= 0.3 is 5.92 Å². The van der Waals surface area contributed by atoms with Crippen molar-refractivity contribution in [2.24, 2.45) is 0 Å². The molecule has 10 heteroatoms. The number of hydrogen-bond acceptors (Lipinski definition) is 6. The number of amides is 1. The molecule has 5 rings (SSSR count). The van der Waals surface area contributed by atoms with Crippen molar-refractivity contribution in [1.82, 2.24) is 35.0 Å². The molecular formula is C24H25F2N7O. The first kappa shape index (κ1) is 23.3. The highest BCUT2D eigenvalue weighted by Crippen LogP contribution is 2.37. The molecule has 1 saturated carbocycles. The minimum absolute atomic E-state index is 0.288. The summed E-state index contributed by atoms with van der Waals surface area (Å²) in [6.07, 6.45) is 12.8. The molecule has 1 aliphatic rings. The van der Waals surface area contributed by atoms with Gasteiger partial charge in [0.2, 0.25) is 0 Å². The summed E-state index contributed by atoms with van der Waals surface area (Å²) in [6, 6.07) is 7.09. The molecule has 4 aromatic rings. The predicted molar refractivity (Wildman–Crippen MR) is 123 cm³/mol. The molecular weight excluding hydrogens is 440 g/mol. The summed E-state index contributed by atoms with van der Waals surface area (Å²) >= 11 is 0. The molecule has 1 N–H and O–H groups in total. The van der Waals surface area contributed by atoms with E-state index in [1.165, 1.54) is 12.8 Å². The highest BCUT2D eigenvalue weighted by atomic mass is 19.3. The zero-order valence-electron chi connectivity index (χ0n) is 18.9. The highest BCUT2D eigenvalue weighted by molar-refractivity contribution is 5.84. The van der Waals surface area contributed by atoms with Crippen LogP contribution in [0.25, 0.3) is 22.2 Å². The smallest absolute Gasteiger partial charge is 0.321 e. The first-order chi connectivity index (χ1) is 16.3. The molecule has 8 nitrogen and oxygen atoms in total. The normalized spacial score (nSPS) is 14.2. The lowest BCUT2D eigenvalue weighted by molar-refractivity contribution is -0.143. The van der Waals surface area contributed by atoms with E-state index in [1.54, 1.807) is 48.8 Å². The summed E-state index contributed by atoms with van der Waals surface area (Å²) in [5, 5.41) is 7.46. The van der Waals surface area contributed by atoms with Crippen molar-refractivity contribution >= 4 is 16.8 Å². The van der Waals surface area contributed by atoms with Crippen LogP contribution in [0.15, 0.2) is 61.4 Å². The molecule has 1 amide bonds. The fraction of sp³-hybridized carbons (Fsp3) is 0.333. The van der Waals surface area contributed by atoms with Crippen molar-refractivity contribution in [1.29, 1.82) is 0 Å². The quantitative estimate of drug-likeness (QED) is 0.462. The van der Waals surface area contributed by atoms with E-state index in [0.717, 1.165) is 28.0 Å². The maximum Gasteiger partial charge on any atom is 0.321 e. The zero-order chi connectivity index (χ0) is 24.1. The Hall–Kier alpha value is -3.82. The number of nitrogens with one attached hydrogen (secondary N) is 1. The van der Waals surface area contributed by atoms with Crippen LogP contribution in [-0.2, 0) is 11.3 Å². The van der Waals surface area contributed by atoms with Crippen LogP contribution < -0.4 is 5.32 Å². The molecule has 1 unspecified atom stereocenters. The average Bonchev–Trinajstić information content (AvgIpc) is 3.62. The first-order valence-electron chi connectivity index (χ1n) is 11.0. The average molecular weight is 466 g/mol. The molecule has 3 heterocycles. The Bertz CT molecular complexity index is 1240. The Morgan fingerprint density at radius 3 is 2.56 bits per heavy atom. The largest absolute Gasteiger partial charge is 0.347 e. The standard InChI is InChI=1S/C17H17F2N5O.C7H8N2/c1-11(23-16(25)17(2,18)19)10-24-15-4-3-12(7-13(15)8-22-24)14-9-20-5-6-21-14;1-4-8-7(9-5-1)6-2-3-6/h3-9,11H,10H2,1-2H3,(H,23,25);1,4-6H,2-3H2. The second-order valence-electron chi connectivity index (χ2n) is 8.34. The Labute approximate surface area is 195 Å². The summed E-state index contributed by atoms with van der Waals surface area (Å²) < 4.78 is 27.6. The van der Waals surface area contributed by atoms with Crippen molar-refractivity contribution in [2.45, 2.75) is 51.1 Å².